The summed E-state index contributed by atoms with van der Waals surface area (Å²) in [7, 11) is 3.12. The van der Waals surface area contributed by atoms with E-state index in [1.807, 2.05) is 24.3 Å². The predicted octanol–water partition coefficient (Wildman–Crippen LogP) is 4.24. The third-order valence-electron chi connectivity index (χ3n) is 3.72. The molecule has 0 aliphatic rings. The lowest BCUT2D eigenvalue weighted by atomic mass is 10.0. The summed E-state index contributed by atoms with van der Waals surface area (Å²) in [4.78, 5) is 0. The van der Waals surface area contributed by atoms with Gasteiger partial charge in [0.05, 0.1) is 37.1 Å². The number of furan rings is 1. The van der Waals surface area contributed by atoms with Gasteiger partial charge in [-0.1, -0.05) is 18.2 Å². The highest BCUT2D eigenvalue weighted by molar-refractivity contribution is 6.15. The lowest BCUT2D eigenvalue weighted by Crippen LogP contribution is -2.00. The van der Waals surface area contributed by atoms with E-state index >= 15 is 0 Å². The zero-order chi connectivity index (χ0) is 17.1. The van der Waals surface area contributed by atoms with Crippen LogP contribution in [-0.4, -0.2) is 25.0 Å². The van der Waals surface area contributed by atoms with Gasteiger partial charge in [0.15, 0.2) is 0 Å². The average molecular weight is 323 g/mol. The van der Waals surface area contributed by atoms with E-state index in [1.54, 1.807) is 25.3 Å². The number of nitrogens with one attached hydrogen (secondary N) is 1. The predicted molar refractivity (Wildman–Crippen MR) is 93.3 cm³/mol. The number of ether oxygens (including phenoxy) is 2. The van der Waals surface area contributed by atoms with Crippen molar-refractivity contribution < 1.29 is 19.0 Å². The zero-order valence-electron chi connectivity index (χ0n) is 13.4. The molecule has 3 aromatic rings. The van der Waals surface area contributed by atoms with E-state index in [2.05, 4.69) is 0 Å². The van der Waals surface area contributed by atoms with E-state index in [1.165, 1.54) is 19.4 Å². The van der Waals surface area contributed by atoms with Crippen molar-refractivity contribution in [1.29, 1.82) is 5.41 Å². The third-order valence-corrected chi connectivity index (χ3v) is 3.72. The number of fused-ring (bicyclic) bond motifs is 1. The molecule has 2 aromatic carbocycles. The van der Waals surface area contributed by atoms with Gasteiger partial charge in [-0.05, 0) is 29.8 Å². The number of rotatable bonds is 5. The largest absolute Gasteiger partial charge is 0.507 e. The highest BCUT2D eigenvalue weighted by atomic mass is 16.5. The van der Waals surface area contributed by atoms with Crippen LogP contribution in [0.4, 0.5) is 0 Å². The van der Waals surface area contributed by atoms with Crippen molar-refractivity contribution >= 4 is 22.8 Å². The van der Waals surface area contributed by atoms with E-state index in [0.29, 0.717) is 22.3 Å². The first-order valence-electron chi connectivity index (χ1n) is 7.32. The minimum Gasteiger partial charge on any atom is -0.507 e. The van der Waals surface area contributed by atoms with Crippen molar-refractivity contribution in [1.82, 2.24) is 0 Å². The van der Waals surface area contributed by atoms with Crippen LogP contribution in [0.2, 0.25) is 0 Å². The Labute approximate surface area is 139 Å². The monoisotopic (exact) mass is 323 g/mol. The highest BCUT2D eigenvalue weighted by Crippen LogP contribution is 2.37. The van der Waals surface area contributed by atoms with Crippen molar-refractivity contribution in [3.05, 3.63) is 59.9 Å². The number of hydrogen-bond donors (Lipinski definition) is 2. The Balaban J connectivity index is 1.95. The molecule has 0 atom stereocenters. The van der Waals surface area contributed by atoms with E-state index < -0.39 is 0 Å². The molecular formula is C19H17NO4. The van der Waals surface area contributed by atoms with Crippen LogP contribution in [0.25, 0.3) is 17.0 Å². The van der Waals surface area contributed by atoms with Gasteiger partial charge in [-0.25, -0.2) is 0 Å². The second-order valence-electron chi connectivity index (χ2n) is 5.16. The van der Waals surface area contributed by atoms with Crippen molar-refractivity contribution in [2.75, 3.05) is 14.2 Å². The molecule has 0 spiro atoms. The number of hydrogen-bond acceptors (Lipinski definition) is 5. The van der Waals surface area contributed by atoms with Crippen molar-refractivity contribution in [3.8, 4) is 17.2 Å². The molecule has 0 radical (unpaired) electrons. The SMILES string of the molecule is COc1ccc(C=CC(=N)c2c(O)cc3occc3c2OC)cc1. The lowest BCUT2D eigenvalue weighted by Gasteiger charge is -2.10. The second kappa shape index (κ2) is 6.50. The fraction of sp³-hybridized carbons (Fsp3) is 0.105. The molecule has 122 valence electrons. The van der Waals surface area contributed by atoms with Gasteiger partial charge in [0.25, 0.3) is 0 Å². The normalized spacial score (nSPS) is 11.1. The Kier molecular flexibility index (Phi) is 4.24. The summed E-state index contributed by atoms with van der Waals surface area (Å²) < 4.78 is 15.8. The number of aromatic hydroxyl groups is 1. The molecule has 0 aliphatic heterocycles. The van der Waals surface area contributed by atoms with Crippen molar-refractivity contribution in [2.24, 2.45) is 0 Å². The summed E-state index contributed by atoms with van der Waals surface area (Å²) in [5.41, 5.74) is 1.91. The second-order valence-corrected chi connectivity index (χ2v) is 5.16. The molecule has 0 saturated carbocycles. The van der Waals surface area contributed by atoms with Crippen LogP contribution < -0.4 is 9.47 Å². The maximum Gasteiger partial charge on any atom is 0.143 e. The van der Waals surface area contributed by atoms with E-state index in [4.69, 9.17) is 19.3 Å². The topological polar surface area (TPSA) is 75.7 Å². The van der Waals surface area contributed by atoms with Gasteiger partial charge in [-0.15, -0.1) is 0 Å². The first-order chi connectivity index (χ1) is 11.6. The Morgan fingerprint density at radius 3 is 2.54 bits per heavy atom. The molecule has 0 saturated heterocycles. The number of methoxy groups -OCH3 is 2. The molecule has 0 bridgehead atoms. The molecule has 5 nitrogen and oxygen atoms in total. The molecule has 5 heteroatoms. The summed E-state index contributed by atoms with van der Waals surface area (Å²) >= 11 is 0. The Bertz CT molecular complexity index is 907. The van der Waals surface area contributed by atoms with Crippen LogP contribution in [0.1, 0.15) is 11.1 Å². The third kappa shape index (κ3) is 2.84. The van der Waals surface area contributed by atoms with Gasteiger partial charge in [0, 0.05) is 6.07 Å². The highest BCUT2D eigenvalue weighted by Gasteiger charge is 2.18. The molecule has 0 aliphatic carbocycles. The van der Waals surface area contributed by atoms with Crippen molar-refractivity contribution in [2.45, 2.75) is 0 Å². The molecule has 2 N–H and O–H groups in total. The Morgan fingerprint density at radius 1 is 1.12 bits per heavy atom. The summed E-state index contributed by atoms with van der Waals surface area (Å²) in [5.74, 6) is 1.13. The van der Waals surface area contributed by atoms with E-state index in [9.17, 15) is 5.11 Å². The van der Waals surface area contributed by atoms with Crippen LogP contribution in [0.15, 0.2) is 53.2 Å². The first-order valence-corrected chi connectivity index (χ1v) is 7.32. The smallest absolute Gasteiger partial charge is 0.143 e. The van der Waals surface area contributed by atoms with Gasteiger partial charge in [0.1, 0.15) is 22.8 Å². The summed E-state index contributed by atoms with van der Waals surface area (Å²) in [6, 6.07) is 10.7. The van der Waals surface area contributed by atoms with Gasteiger partial charge < -0.3 is 19.0 Å². The van der Waals surface area contributed by atoms with Crippen LogP contribution in [0.3, 0.4) is 0 Å². The van der Waals surface area contributed by atoms with E-state index in [-0.39, 0.29) is 11.5 Å². The van der Waals surface area contributed by atoms with Crippen LogP contribution >= 0.6 is 0 Å². The fourth-order valence-electron chi connectivity index (χ4n) is 2.52. The maximum atomic E-state index is 10.2. The van der Waals surface area contributed by atoms with E-state index in [0.717, 1.165) is 11.3 Å². The Morgan fingerprint density at radius 2 is 1.88 bits per heavy atom. The molecular weight excluding hydrogens is 306 g/mol. The summed E-state index contributed by atoms with van der Waals surface area (Å²) in [5, 5.41) is 19.2. The molecule has 0 unspecified atom stereocenters. The molecule has 1 heterocycles. The fourth-order valence-corrected chi connectivity index (χ4v) is 2.52. The number of benzene rings is 2. The molecule has 3 rings (SSSR count). The van der Waals surface area contributed by atoms with Gasteiger partial charge >= 0.3 is 0 Å². The number of phenols is 1. The van der Waals surface area contributed by atoms with Crippen LogP contribution in [-0.2, 0) is 0 Å². The molecule has 24 heavy (non-hydrogen) atoms. The first kappa shape index (κ1) is 15.7. The Hall–Kier alpha value is -3.21. The van der Waals surface area contributed by atoms with Gasteiger partial charge in [-0.3, -0.25) is 5.41 Å². The van der Waals surface area contributed by atoms with Gasteiger partial charge in [-0.2, -0.15) is 0 Å². The number of phenolic OH excluding ortho intramolecular Hbond substituents is 1. The molecule has 0 amide bonds. The molecule has 0 fully saturated rings. The van der Waals surface area contributed by atoms with Crippen molar-refractivity contribution in [3.63, 3.8) is 0 Å². The molecule has 1 aromatic heterocycles. The standard InChI is InChI=1S/C19H17NO4/c1-22-13-6-3-12(4-7-13)5-8-15(20)18-16(21)11-17-14(9-10-24-17)19(18)23-2/h3-11,20-21H,1-2H3. The minimum atomic E-state index is -0.0568. The summed E-state index contributed by atoms with van der Waals surface area (Å²) in [6.07, 6.45) is 4.93. The van der Waals surface area contributed by atoms with Crippen LogP contribution in [0, 0.1) is 5.41 Å². The average Bonchev–Trinajstić information content (AvgIpc) is 3.06. The maximum absolute atomic E-state index is 10.2. The summed E-state index contributed by atoms with van der Waals surface area (Å²) in [6.45, 7) is 0. The lowest BCUT2D eigenvalue weighted by molar-refractivity contribution is 0.411. The number of allylic oxidation sites excluding steroid dienone is 1. The minimum absolute atomic E-state index is 0.0568. The van der Waals surface area contributed by atoms with Gasteiger partial charge in [0.2, 0.25) is 0 Å². The quantitative estimate of drug-likeness (QED) is 0.689. The zero-order valence-corrected chi connectivity index (χ0v) is 13.4. The van der Waals surface area contributed by atoms with Crippen LogP contribution in [0.5, 0.6) is 17.2 Å².